The van der Waals surface area contributed by atoms with E-state index in [1.165, 1.54) is 6.20 Å². The van der Waals surface area contributed by atoms with Crippen molar-refractivity contribution in [1.82, 2.24) is 25.0 Å². The molecule has 1 N–H and O–H groups in total. The molecule has 1 aliphatic heterocycles. The maximum Gasteiger partial charge on any atom is 0.244 e. The molecule has 1 atom stereocenters. The zero-order chi connectivity index (χ0) is 19.6. The van der Waals surface area contributed by atoms with Gasteiger partial charge in [-0.05, 0) is 43.1 Å². The summed E-state index contributed by atoms with van der Waals surface area (Å²) in [6, 6.07) is 7.32. The van der Waals surface area contributed by atoms with E-state index in [1.807, 2.05) is 12.3 Å². The lowest BCUT2D eigenvalue weighted by Gasteiger charge is -2.21. The standard InChI is InChI=1S/C18H20N6O3S/c1-28(25,26)23-16-10-14(6-8-20-16)17-21-18(27-22-17)15-5-3-9-24(15)12-13-4-2-7-19-11-13/h2,4,6-8,10-11,15H,3,5,9,12H2,1H3,(H,20,23). The van der Waals surface area contributed by atoms with E-state index in [-0.39, 0.29) is 11.9 Å². The van der Waals surface area contributed by atoms with Crippen LogP contribution in [0.15, 0.2) is 47.4 Å². The van der Waals surface area contributed by atoms with Crippen molar-refractivity contribution < 1.29 is 12.9 Å². The molecule has 28 heavy (non-hydrogen) atoms. The first kappa shape index (κ1) is 18.5. The summed E-state index contributed by atoms with van der Waals surface area (Å²) in [5, 5.41) is 4.08. The first-order chi connectivity index (χ1) is 13.5. The number of anilines is 1. The lowest BCUT2D eigenvalue weighted by Crippen LogP contribution is -2.23. The highest BCUT2D eigenvalue weighted by atomic mass is 32.2. The number of sulfonamides is 1. The third kappa shape index (κ3) is 4.34. The molecule has 146 valence electrons. The molecule has 1 unspecified atom stereocenters. The minimum absolute atomic E-state index is 0.0527. The molecule has 3 aromatic rings. The topological polar surface area (TPSA) is 114 Å². The summed E-state index contributed by atoms with van der Waals surface area (Å²) in [4.78, 5) is 15.0. The number of nitrogens with one attached hydrogen (secondary N) is 1. The fourth-order valence-corrected chi connectivity index (χ4v) is 3.82. The summed E-state index contributed by atoms with van der Waals surface area (Å²) in [5.74, 6) is 1.18. The van der Waals surface area contributed by atoms with Gasteiger partial charge in [0.05, 0.1) is 12.3 Å². The maximum absolute atomic E-state index is 11.4. The van der Waals surface area contributed by atoms with Gasteiger partial charge in [0.1, 0.15) is 5.82 Å². The predicted octanol–water partition coefficient (Wildman–Crippen LogP) is 2.24. The second-order valence-corrected chi connectivity index (χ2v) is 8.50. The molecule has 0 spiro atoms. The van der Waals surface area contributed by atoms with Crippen LogP contribution in [-0.2, 0) is 16.6 Å². The molecule has 3 aromatic heterocycles. The highest BCUT2D eigenvalue weighted by Crippen LogP contribution is 2.33. The number of likely N-dealkylation sites (tertiary alicyclic amines) is 1. The number of pyridine rings is 2. The third-order valence-electron chi connectivity index (χ3n) is 4.51. The van der Waals surface area contributed by atoms with Crippen LogP contribution in [0.2, 0.25) is 0 Å². The van der Waals surface area contributed by atoms with E-state index in [0.717, 1.165) is 37.8 Å². The van der Waals surface area contributed by atoms with Crippen LogP contribution in [0.3, 0.4) is 0 Å². The van der Waals surface area contributed by atoms with E-state index in [1.54, 1.807) is 18.3 Å². The fourth-order valence-electron chi connectivity index (χ4n) is 3.32. The minimum atomic E-state index is -3.41. The van der Waals surface area contributed by atoms with Gasteiger partial charge in [-0.15, -0.1) is 0 Å². The van der Waals surface area contributed by atoms with Crippen LogP contribution >= 0.6 is 0 Å². The van der Waals surface area contributed by atoms with Crippen LogP contribution in [0, 0.1) is 0 Å². The van der Waals surface area contributed by atoms with E-state index in [0.29, 0.717) is 17.3 Å². The number of hydrogen-bond acceptors (Lipinski definition) is 8. The van der Waals surface area contributed by atoms with Crippen LogP contribution in [0.5, 0.6) is 0 Å². The Morgan fingerprint density at radius 3 is 3.00 bits per heavy atom. The summed E-state index contributed by atoms with van der Waals surface area (Å²) in [6.45, 7) is 1.73. The molecule has 0 aliphatic carbocycles. The monoisotopic (exact) mass is 400 g/mol. The molecule has 10 heteroatoms. The number of rotatable bonds is 6. The average molecular weight is 400 g/mol. The smallest absolute Gasteiger partial charge is 0.244 e. The van der Waals surface area contributed by atoms with Crippen molar-refractivity contribution in [3.05, 3.63) is 54.3 Å². The van der Waals surface area contributed by atoms with E-state index in [4.69, 9.17) is 4.52 Å². The molecule has 0 amide bonds. The highest BCUT2D eigenvalue weighted by Gasteiger charge is 2.30. The van der Waals surface area contributed by atoms with Crippen molar-refractivity contribution in [3.8, 4) is 11.4 Å². The number of nitrogens with zero attached hydrogens (tertiary/aromatic N) is 5. The van der Waals surface area contributed by atoms with Gasteiger partial charge in [-0.3, -0.25) is 14.6 Å². The normalized spacial score (nSPS) is 17.7. The Labute approximate surface area is 162 Å². The van der Waals surface area contributed by atoms with Crippen molar-refractivity contribution in [2.45, 2.75) is 25.4 Å². The molecule has 1 saturated heterocycles. The van der Waals surface area contributed by atoms with Gasteiger partial charge in [-0.2, -0.15) is 4.98 Å². The SMILES string of the molecule is CS(=O)(=O)Nc1cc(-c2noc(C3CCCN3Cc3cccnc3)n2)ccn1. The Kier molecular flexibility index (Phi) is 5.05. The third-order valence-corrected chi connectivity index (χ3v) is 5.09. The molecular weight excluding hydrogens is 380 g/mol. The summed E-state index contributed by atoms with van der Waals surface area (Å²) in [5.41, 5.74) is 1.77. The minimum Gasteiger partial charge on any atom is -0.337 e. The average Bonchev–Trinajstić information content (AvgIpc) is 3.30. The van der Waals surface area contributed by atoms with Gasteiger partial charge in [-0.25, -0.2) is 13.4 Å². The summed E-state index contributed by atoms with van der Waals surface area (Å²) in [7, 11) is -3.41. The molecule has 0 saturated carbocycles. The van der Waals surface area contributed by atoms with Crippen molar-refractivity contribution >= 4 is 15.8 Å². The molecule has 4 heterocycles. The zero-order valence-electron chi connectivity index (χ0n) is 15.3. The van der Waals surface area contributed by atoms with Gasteiger partial charge in [0.25, 0.3) is 0 Å². The molecule has 1 aliphatic rings. The summed E-state index contributed by atoms with van der Waals surface area (Å²) >= 11 is 0. The largest absolute Gasteiger partial charge is 0.337 e. The summed E-state index contributed by atoms with van der Waals surface area (Å²) < 4.78 is 30.7. The molecule has 0 aromatic carbocycles. The van der Waals surface area contributed by atoms with Crippen molar-refractivity contribution in [2.75, 3.05) is 17.5 Å². The van der Waals surface area contributed by atoms with E-state index in [2.05, 4.69) is 35.8 Å². The second-order valence-electron chi connectivity index (χ2n) is 6.75. The van der Waals surface area contributed by atoms with Crippen molar-refractivity contribution in [2.24, 2.45) is 0 Å². The zero-order valence-corrected chi connectivity index (χ0v) is 16.1. The quantitative estimate of drug-likeness (QED) is 0.670. The molecule has 1 fully saturated rings. The molecule has 4 rings (SSSR count). The van der Waals surface area contributed by atoms with Crippen molar-refractivity contribution in [1.29, 1.82) is 0 Å². The Morgan fingerprint density at radius 1 is 1.32 bits per heavy atom. The number of hydrogen-bond donors (Lipinski definition) is 1. The first-order valence-corrected chi connectivity index (χ1v) is 10.8. The molecule has 0 radical (unpaired) electrons. The fraction of sp³-hybridized carbons (Fsp3) is 0.333. The van der Waals surface area contributed by atoms with E-state index in [9.17, 15) is 8.42 Å². The molecular formula is C18H20N6O3S. The van der Waals surface area contributed by atoms with Crippen LogP contribution in [0.4, 0.5) is 5.82 Å². The predicted molar refractivity (Wildman–Crippen MR) is 103 cm³/mol. The van der Waals surface area contributed by atoms with Gasteiger partial charge in [0.15, 0.2) is 0 Å². The lowest BCUT2D eigenvalue weighted by molar-refractivity contribution is 0.201. The van der Waals surface area contributed by atoms with E-state index < -0.39 is 10.0 Å². The Bertz CT molecular complexity index is 1050. The highest BCUT2D eigenvalue weighted by molar-refractivity contribution is 7.92. The maximum atomic E-state index is 11.4. The van der Waals surface area contributed by atoms with Crippen LogP contribution < -0.4 is 4.72 Å². The van der Waals surface area contributed by atoms with E-state index >= 15 is 0 Å². The first-order valence-electron chi connectivity index (χ1n) is 8.89. The molecule has 9 nitrogen and oxygen atoms in total. The van der Waals surface area contributed by atoms with Crippen LogP contribution in [0.25, 0.3) is 11.4 Å². The van der Waals surface area contributed by atoms with Crippen molar-refractivity contribution in [3.63, 3.8) is 0 Å². The van der Waals surface area contributed by atoms with Gasteiger partial charge in [0.2, 0.25) is 21.7 Å². The van der Waals surface area contributed by atoms with Gasteiger partial charge in [-0.1, -0.05) is 11.2 Å². The van der Waals surface area contributed by atoms with Gasteiger partial charge >= 0.3 is 0 Å². The van der Waals surface area contributed by atoms with Crippen LogP contribution in [-0.4, -0.2) is 46.2 Å². The Morgan fingerprint density at radius 2 is 2.21 bits per heavy atom. The number of aromatic nitrogens is 4. The second kappa shape index (κ2) is 7.64. The van der Waals surface area contributed by atoms with Gasteiger partial charge < -0.3 is 4.52 Å². The lowest BCUT2D eigenvalue weighted by atomic mass is 10.2. The summed E-state index contributed by atoms with van der Waals surface area (Å²) in [6.07, 6.45) is 8.20. The molecule has 0 bridgehead atoms. The Hall–Kier alpha value is -2.85. The Balaban J connectivity index is 1.53. The van der Waals surface area contributed by atoms with Gasteiger partial charge in [0, 0.05) is 30.7 Å². The van der Waals surface area contributed by atoms with Crippen LogP contribution in [0.1, 0.15) is 30.3 Å².